The molecular formula is C11H20N2S. The molecule has 1 N–H and O–H groups in total. The number of nitrogens with zero attached hydrogens (tertiary/aromatic N) is 1. The second-order valence-electron chi connectivity index (χ2n) is 3.46. The van der Waals surface area contributed by atoms with Crippen LogP contribution >= 0.6 is 11.3 Å². The molecule has 0 spiro atoms. The van der Waals surface area contributed by atoms with Crippen LogP contribution in [0, 0.1) is 0 Å². The SMILES string of the molecule is CCCCCNCc1cnc(CC)s1. The molecule has 0 unspecified atom stereocenters. The molecule has 0 aromatic carbocycles. The van der Waals surface area contributed by atoms with E-state index in [2.05, 4.69) is 24.1 Å². The fraction of sp³-hybridized carbons (Fsp3) is 0.727. The summed E-state index contributed by atoms with van der Waals surface area (Å²) in [5, 5.41) is 4.69. The van der Waals surface area contributed by atoms with E-state index in [1.807, 2.05) is 17.5 Å². The summed E-state index contributed by atoms with van der Waals surface area (Å²) in [5.74, 6) is 0. The molecule has 1 heterocycles. The van der Waals surface area contributed by atoms with E-state index in [9.17, 15) is 0 Å². The van der Waals surface area contributed by atoms with Crippen molar-refractivity contribution in [2.24, 2.45) is 0 Å². The van der Waals surface area contributed by atoms with Crippen LogP contribution in [0.15, 0.2) is 6.20 Å². The van der Waals surface area contributed by atoms with Crippen molar-refractivity contribution in [3.05, 3.63) is 16.1 Å². The zero-order valence-corrected chi connectivity index (χ0v) is 9.99. The van der Waals surface area contributed by atoms with Crippen molar-refractivity contribution < 1.29 is 0 Å². The molecule has 0 fully saturated rings. The van der Waals surface area contributed by atoms with Crippen molar-refractivity contribution in [3.8, 4) is 0 Å². The van der Waals surface area contributed by atoms with Crippen molar-refractivity contribution in [3.63, 3.8) is 0 Å². The summed E-state index contributed by atoms with van der Waals surface area (Å²) in [6.45, 7) is 6.50. The van der Waals surface area contributed by atoms with E-state index in [4.69, 9.17) is 0 Å². The highest BCUT2D eigenvalue weighted by Crippen LogP contribution is 2.12. The van der Waals surface area contributed by atoms with Gasteiger partial charge < -0.3 is 5.32 Å². The lowest BCUT2D eigenvalue weighted by Gasteiger charge is -2.00. The zero-order chi connectivity index (χ0) is 10.2. The molecule has 0 bridgehead atoms. The van der Waals surface area contributed by atoms with Gasteiger partial charge in [0.2, 0.25) is 0 Å². The number of hydrogen-bond acceptors (Lipinski definition) is 3. The molecule has 0 aliphatic rings. The fourth-order valence-corrected chi connectivity index (χ4v) is 2.14. The van der Waals surface area contributed by atoms with E-state index in [0.717, 1.165) is 19.5 Å². The Morgan fingerprint density at radius 1 is 1.36 bits per heavy atom. The van der Waals surface area contributed by atoms with Crippen molar-refractivity contribution >= 4 is 11.3 Å². The Bertz CT molecular complexity index is 245. The first kappa shape index (κ1) is 11.7. The monoisotopic (exact) mass is 212 g/mol. The molecule has 1 rings (SSSR count). The minimum atomic E-state index is 0.987. The Morgan fingerprint density at radius 3 is 2.86 bits per heavy atom. The number of thiazole rings is 1. The molecule has 0 saturated carbocycles. The second-order valence-corrected chi connectivity index (χ2v) is 4.66. The molecule has 0 radical (unpaired) electrons. The van der Waals surface area contributed by atoms with E-state index >= 15 is 0 Å². The van der Waals surface area contributed by atoms with Gasteiger partial charge in [0.25, 0.3) is 0 Å². The molecule has 0 amide bonds. The van der Waals surface area contributed by atoms with Gasteiger partial charge in [-0.3, -0.25) is 0 Å². The third-order valence-corrected chi connectivity index (χ3v) is 3.30. The summed E-state index contributed by atoms with van der Waals surface area (Å²) in [5.41, 5.74) is 0. The Hall–Kier alpha value is -0.410. The molecule has 0 aliphatic heterocycles. The topological polar surface area (TPSA) is 24.9 Å². The molecule has 0 aliphatic carbocycles. The first-order chi connectivity index (χ1) is 6.86. The zero-order valence-electron chi connectivity index (χ0n) is 9.18. The Kier molecular flexibility index (Phi) is 5.80. The molecule has 0 atom stereocenters. The number of unbranched alkanes of at least 4 members (excludes halogenated alkanes) is 2. The highest BCUT2D eigenvalue weighted by molar-refractivity contribution is 7.11. The lowest BCUT2D eigenvalue weighted by Crippen LogP contribution is -2.13. The molecule has 14 heavy (non-hydrogen) atoms. The minimum absolute atomic E-state index is 0.987. The Morgan fingerprint density at radius 2 is 2.21 bits per heavy atom. The second kappa shape index (κ2) is 6.96. The highest BCUT2D eigenvalue weighted by Gasteiger charge is 1.98. The van der Waals surface area contributed by atoms with Crippen molar-refractivity contribution in [1.29, 1.82) is 0 Å². The van der Waals surface area contributed by atoms with Gasteiger partial charge in [-0.2, -0.15) is 0 Å². The summed E-state index contributed by atoms with van der Waals surface area (Å²) in [7, 11) is 0. The van der Waals surface area contributed by atoms with Gasteiger partial charge in [-0.05, 0) is 19.4 Å². The average Bonchev–Trinajstić information content (AvgIpc) is 2.65. The van der Waals surface area contributed by atoms with Gasteiger partial charge >= 0.3 is 0 Å². The quantitative estimate of drug-likeness (QED) is 0.703. The van der Waals surface area contributed by atoms with Crippen LogP contribution < -0.4 is 5.32 Å². The number of aryl methyl sites for hydroxylation is 1. The molecule has 3 heteroatoms. The summed E-state index contributed by atoms with van der Waals surface area (Å²) in [4.78, 5) is 5.69. The summed E-state index contributed by atoms with van der Waals surface area (Å²) in [6, 6.07) is 0. The predicted octanol–water partition coefficient (Wildman–Crippen LogP) is 2.99. The largest absolute Gasteiger partial charge is 0.312 e. The van der Waals surface area contributed by atoms with Crippen LogP contribution in [0.5, 0.6) is 0 Å². The van der Waals surface area contributed by atoms with E-state index in [0.29, 0.717) is 0 Å². The van der Waals surface area contributed by atoms with Crippen LogP contribution in [0.3, 0.4) is 0 Å². The lowest BCUT2D eigenvalue weighted by molar-refractivity contribution is 0.620. The number of aromatic nitrogens is 1. The van der Waals surface area contributed by atoms with Crippen LogP contribution in [0.4, 0.5) is 0 Å². The summed E-state index contributed by atoms with van der Waals surface area (Å²) >= 11 is 1.82. The van der Waals surface area contributed by atoms with Crippen LogP contribution in [0.1, 0.15) is 43.0 Å². The van der Waals surface area contributed by atoms with Crippen molar-refractivity contribution in [1.82, 2.24) is 10.3 Å². The van der Waals surface area contributed by atoms with Crippen LogP contribution in [0.2, 0.25) is 0 Å². The normalized spacial score (nSPS) is 10.7. The van der Waals surface area contributed by atoms with Gasteiger partial charge in [0.05, 0.1) is 5.01 Å². The van der Waals surface area contributed by atoms with Crippen LogP contribution in [-0.2, 0) is 13.0 Å². The van der Waals surface area contributed by atoms with Gasteiger partial charge in [-0.25, -0.2) is 4.98 Å². The van der Waals surface area contributed by atoms with E-state index in [1.165, 1.54) is 29.1 Å². The highest BCUT2D eigenvalue weighted by atomic mass is 32.1. The van der Waals surface area contributed by atoms with Crippen LogP contribution in [-0.4, -0.2) is 11.5 Å². The standard InChI is InChI=1S/C11H20N2S/c1-3-5-6-7-12-8-10-9-13-11(4-2)14-10/h9,12H,3-8H2,1-2H3. The van der Waals surface area contributed by atoms with Gasteiger partial charge in [-0.1, -0.05) is 26.7 Å². The van der Waals surface area contributed by atoms with Crippen molar-refractivity contribution in [2.45, 2.75) is 46.1 Å². The summed E-state index contributed by atoms with van der Waals surface area (Å²) in [6.07, 6.45) is 6.96. The molecule has 1 aromatic heterocycles. The molecule has 2 nitrogen and oxygen atoms in total. The van der Waals surface area contributed by atoms with Gasteiger partial charge in [0.15, 0.2) is 0 Å². The maximum atomic E-state index is 4.33. The smallest absolute Gasteiger partial charge is 0.0925 e. The predicted molar refractivity (Wildman–Crippen MR) is 62.7 cm³/mol. The third kappa shape index (κ3) is 4.20. The molecule has 1 aromatic rings. The molecule has 80 valence electrons. The van der Waals surface area contributed by atoms with Crippen LogP contribution in [0.25, 0.3) is 0 Å². The van der Waals surface area contributed by atoms with E-state index in [-0.39, 0.29) is 0 Å². The number of nitrogens with one attached hydrogen (secondary N) is 1. The Balaban J connectivity index is 2.12. The number of rotatable bonds is 7. The maximum absolute atomic E-state index is 4.33. The van der Waals surface area contributed by atoms with Gasteiger partial charge in [0, 0.05) is 17.6 Å². The third-order valence-electron chi connectivity index (χ3n) is 2.16. The molecule has 0 saturated heterocycles. The average molecular weight is 212 g/mol. The minimum Gasteiger partial charge on any atom is -0.312 e. The van der Waals surface area contributed by atoms with Gasteiger partial charge in [-0.15, -0.1) is 11.3 Å². The maximum Gasteiger partial charge on any atom is 0.0925 e. The van der Waals surface area contributed by atoms with Gasteiger partial charge in [0.1, 0.15) is 0 Å². The van der Waals surface area contributed by atoms with E-state index < -0.39 is 0 Å². The van der Waals surface area contributed by atoms with E-state index in [1.54, 1.807) is 0 Å². The summed E-state index contributed by atoms with van der Waals surface area (Å²) < 4.78 is 0. The Labute approximate surface area is 90.8 Å². The molecular weight excluding hydrogens is 192 g/mol. The van der Waals surface area contributed by atoms with Crippen molar-refractivity contribution in [2.75, 3.05) is 6.54 Å². The number of hydrogen-bond donors (Lipinski definition) is 1. The first-order valence-electron chi connectivity index (χ1n) is 5.51. The fourth-order valence-electron chi connectivity index (χ4n) is 1.30. The lowest BCUT2D eigenvalue weighted by atomic mass is 10.2. The first-order valence-corrected chi connectivity index (χ1v) is 6.32.